The summed E-state index contributed by atoms with van der Waals surface area (Å²) in [5.41, 5.74) is 4.08. The third-order valence-electron chi connectivity index (χ3n) is 3.60. The van der Waals surface area contributed by atoms with Gasteiger partial charge in [-0.3, -0.25) is 0 Å². The molecule has 0 aliphatic carbocycles. The smallest absolute Gasteiger partial charge is 0.387 e. The summed E-state index contributed by atoms with van der Waals surface area (Å²) in [7, 11) is 1.80. The van der Waals surface area contributed by atoms with E-state index in [0.717, 1.165) is 5.56 Å². The van der Waals surface area contributed by atoms with Crippen LogP contribution < -0.4 is 10.1 Å². The number of aryl methyl sites for hydroxylation is 2. The van der Waals surface area contributed by atoms with Gasteiger partial charge in [0.1, 0.15) is 5.75 Å². The summed E-state index contributed by atoms with van der Waals surface area (Å²) in [6.45, 7) is 1.25. The minimum Gasteiger partial charge on any atom is -0.434 e. The molecule has 0 heterocycles. The van der Waals surface area contributed by atoms with Gasteiger partial charge in [0.15, 0.2) is 0 Å². The Morgan fingerprint density at radius 3 is 2.33 bits per heavy atom. The van der Waals surface area contributed by atoms with E-state index in [9.17, 15) is 8.78 Å². The summed E-state index contributed by atoms with van der Waals surface area (Å²) < 4.78 is 29.7. The third kappa shape index (κ3) is 3.58. The minimum atomic E-state index is -2.83. The number of hydrogen-bond acceptors (Lipinski definition) is 2. The van der Waals surface area contributed by atoms with Crippen LogP contribution in [0.15, 0.2) is 42.5 Å². The van der Waals surface area contributed by atoms with E-state index in [4.69, 9.17) is 0 Å². The monoisotopic (exact) mass is 291 g/mol. The maximum atomic E-state index is 12.5. The minimum absolute atomic E-state index is 0.195. The van der Waals surface area contributed by atoms with E-state index in [1.54, 1.807) is 25.2 Å². The van der Waals surface area contributed by atoms with E-state index in [2.05, 4.69) is 16.1 Å². The first-order chi connectivity index (χ1) is 10.0. The second-order valence-corrected chi connectivity index (χ2v) is 4.98. The van der Waals surface area contributed by atoms with Gasteiger partial charge in [-0.1, -0.05) is 36.4 Å². The van der Waals surface area contributed by atoms with Crippen molar-refractivity contribution in [3.8, 4) is 5.75 Å². The second kappa shape index (κ2) is 6.68. The number of alkyl halides is 2. The average Bonchev–Trinajstić information content (AvgIpc) is 2.44. The summed E-state index contributed by atoms with van der Waals surface area (Å²) in [5.74, 6) is 0.199. The lowest BCUT2D eigenvalue weighted by Gasteiger charge is -2.21. The number of benzene rings is 2. The van der Waals surface area contributed by atoms with Crippen molar-refractivity contribution in [1.82, 2.24) is 5.32 Å². The first-order valence-electron chi connectivity index (χ1n) is 6.81. The molecule has 2 nitrogen and oxygen atoms in total. The molecule has 0 aliphatic heterocycles. The fraction of sp³-hybridized carbons (Fsp3) is 0.294. The molecule has 0 bridgehead atoms. The maximum Gasteiger partial charge on any atom is 0.387 e. The first kappa shape index (κ1) is 15.4. The van der Waals surface area contributed by atoms with Crippen LogP contribution in [0.2, 0.25) is 0 Å². The average molecular weight is 291 g/mol. The van der Waals surface area contributed by atoms with E-state index in [1.165, 1.54) is 11.1 Å². The highest BCUT2D eigenvalue weighted by Crippen LogP contribution is 2.31. The Morgan fingerprint density at radius 2 is 1.71 bits per heavy atom. The van der Waals surface area contributed by atoms with Gasteiger partial charge in [0.05, 0.1) is 6.04 Å². The molecule has 2 aromatic rings. The van der Waals surface area contributed by atoms with Gasteiger partial charge in [0.25, 0.3) is 0 Å². The van der Waals surface area contributed by atoms with Crippen LogP contribution in [0.4, 0.5) is 8.78 Å². The molecule has 2 rings (SSSR count). The summed E-state index contributed by atoms with van der Waals surface area (Å²) in [5, 5.41) is 3.17. The van der Waals surface area contributed by atoms with E-state index in [1.807, 2.05) is 32.0 Å². The zero-order chi connectivity index (χ0) is 15.4. The molecule has 2 aromatic carbocycles. The van der Waals surface area contributed by atoms with E-state index < -0.39 is 6.61 Å². The van der Waals surface area contributed by atoms with Crippen molar-refractivity contribution in [2.75, 3.05) is 7.05 Å². The Morgan fingerprint density at radius 1 is 1.00 bits per heavy atom. The standard InChI is InChI=1S/C17H19F2NO/c1-11-8-9-13(10-12(11)2)16(20-3)14-6-4-5-7-15(14)21-17(18)19/h4-10,16-17,20H,1-3H3. The van der Waals surface area contributed by atoms with Gasteiger partial charge in [-0.2, -0.15) is 8.78 Å². The molecular formula is C17H19F2NO. The molecule has 0 aliphatic rings. The van der Waals surface area contributed by atoms with Crippen molar-refractivity contribution in [3.63, 3.8) is 0 Å². The quantitative estimate of drug-likeness (QED) is 0.891. The van der Waals surface area contributed by atoms with Crippen LogP contribution in [-0.2, 0) is 0 Å². The fourth-order valence-electron chi connectivity index (χ4n) is 2.37. The van der Waals surface area contributed by atoms with Crippen LogP contribution in [0.25, 0.3) is 0 Å². The van der Waals surface area contributed by atoms with Crippen molar-refractivity contribution < 1.29 is 13.5 Å². The molecule has 112 valence electrons. The Balaban J connectivity index is 2.43. The zero-order valence-corrected chi connectivity index (χ0v) is 12.4. The Bertz CT molecular complexity index is 613. The van der Waals surface area contributed by atoms with Gasteiger partial charge in [0, 0.05) is 5.56 Å². The number of nitrogens with one attached hydrogen (secondary N) is 1. The number of hydrogen-bond donors (Lipinski definition) is 1. The van der Waals surface area contributed by atoms with Crippen molar-refractivity contribution in [2.24, 2.45) is 0 Å². The molecule has 0 aromatic heterocycles. The highest BCUT2D eigenvalue weighted by atomic mass is 19.3. The van der Waals surface area contributed by atoms with Gasteiger partial charge >= 0.3 is 6.61 Å². The molecule has 0 radical (unpaired) electrons. The summed E-state index contributed by atoms with van der Waals surface area (Å²) in [6.07, 6.45) is 0. The molecular weight excluding hydrogens is 272 g/mol. The van der Waals surface area contributed by atoms with E-state index in [0.29, 0.717) is 5.56 Å². The lowest BCUT2D eigenvalue weighted by molar-refractivity contribution is -0.0506. The number of halogens is 2. The lowest BCUT2D eigenvalue weighted by Crippen LogP contribution is -2.19. The maximum absolute atomic E-state index is 12.5. The first-order valence-corrected chi connectivity index (χ1v) is 6.81. The highest BCUT2D eigenvalue weighted by molar-refractivity contribution is 5.43. The van der Waals surface area contributed by atoms with Crippen LogP contribution in [0.5, 0.6) is 5.75 Å². The molecule has 0 spiro atoms. The van der Waals surface area contributed by atoms with Gasteiger partial charge < -0.3 is 10.1 Å². The van der Waals surface area contributed by atoms with Crippen molar-refractivity contribution in [2.45, 2.75) is 26.5 Å². The van der Waals surface area contributed by atoms with Crippen LogP contribution >= 0.6 is 0 Å². The Hall–Kier alpha value is -1.94. The molecule has 0 amide bonds. The molecule has 0 saturated carbocycles. The molecule has 0 saturated heterocycles. The third-order valence-corrected chi connectivity index (χ3v) is 3.60. The molecule has 4 heteroatoms. The fourth-order valence-corrected chi connectivity index (χ4v) is 2.37. The van der Waals surface area contributed by atoms with E-state index >= 15 is 0 Å². The predicted octanol–water partition coefficient (Wildman–Crippen LogP) is 4.21. The van der Waals surface area contributed by atoms with Gasteiger partial charge in [-0.05, 0) is 43.7 Å². The lowest BCUT2D eigenvalue weighted by atomic mass is 9.95. The second-order valence-electron chi connectivity index (χ2n) is 4.98. The summed E-state index contributed by atoms with van der Waals surface area (Å²) in [4.78, 5) is 0. The molecule has 1 N–H and O–H groups in total. The number of ether oxygens (including phenoxy) is 1. The normalized spacial score (nSPS) is 12.5. The molecule has 1 atom stereocenters. The topological polar surface area (TPSA) is 21.3 Å². The predicted molar refractivity (Wildman–Crippen MR) is 79.9 cm³/mol. The van der Waals surface area contributed by atoms with Crippen LogP contribution in [0.3, 0.4) is 0 Å². The Kier molecular flexibility index (Phi) is 4.91. The zero-order valence-electron chi connectivity index (χ0n) is 12.4. The van der Waals surface area contributed by atoms with Crippen LogP contribution in [0, 0.1) is 13.8 Å². The van der Waals surface area contributed by atoms with Gasteiger partial charge in [-0.25, -0.2) is 0 Å². The van der Waals surface area contributed by atoms with Crippen molar-refractivity contribution in [3.05, 3.63) is 64.7 Å². The highest BCUT2D eigenvalue weighted by Gasteiger charge is 2.18. The van der Waals surface area contributed by atoms with Gasteiger partial charge in [0.2, 0.25) is 0 Å². The summed E-state index contributed by atoms with van der Waals surface area (Å²) in [6, 6.07) is 12.8. The number of rotatable bonds is 5. The largest absolute Gasteiger partial charge is 0.434 e. The van der Waals surface area contributed by atoms with E-state index in [-0.39, 0.29) is 11.8 Å². The SMILES string of the molecule is CNC(c1ccc(C)c(C)c1)c1ccccc1OC(F)F. The summed E-state index contributed by atoms with van der Waals surface area (Å²) >= 11 is 0. The van der Waals surface area contributed by atoms with Crippen LogP contribution in [0.1, 0.15) is 28.3 Å². The van der Waals surface area contributed by atoms with Crippen molar-refractivity contribution in [1.29, 1.82) is 0 Å². The van der Waals surface area contributed by atoms with Crippen LogP contribution in [-0.4, -0.2) is 13.7 Å². The number of para-hydroxylation sites is 1. The van der Waals surface area contributed by atoms with Gasteiger partial charge in [-0.15, -0.1) is 0 Å². The molecule has 21 heavy (non-hydrogen) atoms. The van der Waals surface area contributed by atoms with Crippen molar-refractivity contribution >= 4 is 0 Å². The Labute approximate surface area is 123 Å². The molecule has 1 unspecified atom stereocenters. The molecule has 0 fully saturated rings.